The second-order valence-electron chi connectivity index (χ2n) is 2.47. The van der Waals surface area contributed by atoms with Crippen LogP contribution in [0.2, 0.25) is 0 Å². The summed E-state index contributed by atoms with van der Waals surface area (Å²) in [5.41, 5.74) is -1.65. The summed E-state index contributed by atoms with van der Waals surface area (Å²) in [5, 5.41) is 16.5. The van der Waals surface area contributed by atoms with Crippen LogP contribution in [0.25, 0.3) is 0 Å². The number of rotatable bonds is 3. The lowest BCUT2D eigenvalue weighted by Gasteiger charge is -2.08. The van der Waals surface area contributed by atoms with Crippen LogP contribution in [-0.4, -0.2) is 32.1 Å². The van der Waals surface area contributed by atoms with Crippen LogP contribution in [0.5, 0.6) is 0 Å². The Morgan fingerprint density at radius 3 is 2.13 bits per heavy atom. The standard InChI is InChI=1S/C7H4F2N2O4/c8-7(9,6(14)15)4-2-10-3(1-11-4)5(12)13/h1-2H,(H,12,13)(H,14,15). The van der Waals surface area contributed by atoms with Crippen molar-refractivity contribution in [3.63, 3.8) is 0 Å². The summed E-state index contributed by atoms with van der Waals surface area (Å²) < 4.78 is 25.5. The molecule has 0 fully saturated rings. The number of halogens is 2. The highest BCUT2D eigenvalue weighted by molar-refractivity contribution is 5.85. The number of alkyl halides is 2. The van der Waals surface area contributed by atoms with Crippen molar-refractivity contribution in [3.8, 4) is 0 Å². The van der Waals surface area contributed by atoms with Gasteiger partial charge in [-0.2, -0.15) is 8.78 Å². The van der Waals surface area contributed by atoms with E-state index in [0.29, 0.717) is 12.4 Å². The molecule has 1 aromatic rings. The molecule has 0 radical (unpaired) electrons. The molecule has 0 aromatic carbocycles. The number of hydrogen-bond acceptors (Lipinski definition) is 4. The van der Waals surface area contributed by atoms with Crippen LogP contribution in [0.4, 0.5) is 8.78 Å². The van der Waals surface area contributed by atoms with Gasteiger partial charge in [0.15, 0.2) is 5.69 Å². The molecule has 0 saturated heterocycles. The Bertz CT molecular complexity index is 404. The van der Waals surface area contributed by atoms with Gasteiger partial charge in [-0.25, -0.2) is 14.6 Å². The number of carbonyl (C=O) groups is 2. The van der Waals surface area contributed by atoms with Crippen LogP contribution in [-0.2, 0) is 10.7 Å². The Morgan fingerprint density at radius 2 is 1.80 bits per heavy atom. The second kappa shape index (κ2) is 3.56. The highest BCUT2D eigenvalue weighted by Gasteiger charge is 2.43. The van der Waals surface area contributed by atoms with Crippen molar-refractivity contribution < 1.29 is 28.6 Å². The largest absolute Gasteiger partial charge is 0.476 e. The van der Waals surface area contributed by atoms with Crippen LogP contribution in [0.1, 0.15) is 16.2 Å². The number of aliphatic carboxylic acids is 1. The van der Waals surface area contributed by atoms with Gasteiger partial charge in [-0.3, -0.25) is 4.98 Å². The fourth-order valence-electron chi connectivity index (χ4n) is 0.710. The SMILES string of the molecule is O=C(O)c1cnc(C(F)(F)C(=O)O)cn1. The Labute approximate surface area is 81.2 Å². The number of aromatic nitrogens is 2. The summed E-state index contributed by atoms with van der Waals surface area (Å²) in [4.78, 5) is 26.5. The average molecular weight is 218 g/mol. The van der Waals surface area contributed by atoms with Gasteiger partial charge in [0.2, 0.25) is 0 Å². The molecule has 0 unspecified atom stereocenters. The van der Waals surface area contributed by atoms with E-state index in [0.717, 1.165) is 0 Å². The van der Waals surface area contributed by atoms with Gasteiger partial charge in [-0.15, -0.1) is 0 Å². The zero-order chi connectivity index (χ0) is 11.6. The molecule has 0 bridgehead atoms. The summed E-state index contributed by atoms with van der Waals surface area (Å²) in [6.45, 7) is 0. The predicted octanol–water partition coefficient (Wildman–Crippen LogP) is 0.351. The molecule has 0 aliphatic rings. The number of carboxylic acid groups (broad SMARTS) is 2. The van der Waals surface area contributed by atoms with Crippen molar-refractivity contribution in [2.75, 3.05) is 0 Å². The van der Waals surface area contributed by atoms with Gasteiger partial charge >= 0.3 is 17.9 Å². The minimum Gasteiger partial charge on any atom is -0.476 e. The van der Waals surface area contributed by atoms with Gasteiger partial charge in [-0.1, -0.05) is 0 Å². The van der Waals surface area contributed by atoms with Gasteiger partial charge in [0, 0.05) is 0 Å². The fraction of sp³-hybridized carbons (Fsp3) is 0.143. The van der Waals surface area contributed by atoms with Crippen molar-refractivity contribution >= 4 is 11.9 Å². The van der Waals surface area contributed by atoms with E-state index in [2.05, 4.69) is 9.97 Å². The van der Waals surface area contributed by atoms with Crippen LogP contribution in [0, 0.1) is 0 Å². The summed E-state index contributed by atoms with van der Waals surface area (Å²) >= 11 is 0. The van der Waals surface area contributed by atoms with Gasteiger partial charge < -0.3 is 10.2 Å². The first kappa shape index (κ1) is 11.0. The number of nitrogens with zero attached hydrogens (tertiary/aromatic N) is 2. The van der Waals surface area contributed by atoms with E-state index >= 15 is 0 Å². The van der Waals surface area contributed by atoms with Gasteiger partial charge in [0.1, 0.15) is 5.69 Å². The lowest BCUT2D eigenvalue weighted by molar-refractivity contribution is -0.167. The molecule has 1 aromatic heterocycles. The van der Waals surface area contributed by atoms with E-state index in [1.165, 1.54) is 0 Å². The Morgan fingerprint density at radius 1 is 1.20 bits per heavy atom. The minimum atomic E-state index is -4.18. The quantitative estimate of drug-likeness (QED) is 0.759. The normalized spacial score (nSPS) is 11.1. The van der Waals surface area contributed by atoms with Crippen molar-refractivity contribution in [3.05, 3.63) is 23.8 Å². The maximum absolute atomic E-state index is 12.8. The molecular weight excluding hydrogens is 214 g/mol. The number of carboxylic acids is 2. The topological polar surface area (TPSA) is 100 Å². The molecule has 0 aliphatic carbocycles. The molecule has 80 valence electrons. The van der Waals surface area contributed by atoms with Crippen LogP contribution in [0.3, 0.4) is 0 Å². The summed E-state index contributed by atoms with van der Waals surface area (Å²) in [5.74, 6) is -7.99. The molecule has 0 amide bonds. The van der Waals surface area contributed by atoms with Crippen LogP contribution < -0.4 is 0 Å². The van der Waals surface area contributed by atoms with Crippen molar-refractivity contribution in [2.24, 2.45) is 0 Å². The molecule has 6 nitrogen and oxygen atoms in total. The molecule has 0 spiro atoms. The number of hydrogen-bond donors (Lipinski definition) is 2. The third-order valence-electron chi connectivity index (χ3n) is 1.46. The van der Waals surface area contributed by atoms with Crippen molar-refractivity contribution in [2.45, 2.75) is 5.92 Å². The van der Waals surface area contributed by atoms with Crippen LogP contribution >= 0.6 is 0 Å². The Balaban J connectivity index is 3.09. The maximum atomic E-state index is 12.8. The molecule has 0 aliphatic heterocycles. The highest BCUT2D eigenvalue weighted by Crippen LogP contribution is 2.25. The van der Waals surface area contributed by atoms with Gasteiger partial charge in [0.05, 0.1) is 12.4 Å². The Kier molecular flexibility index (Phi) is 2.60. The lowest BCUT2D eigenvalue weighted by Crippen LogP contribution is -2.27. The van der Waals surface area contributed by atoms with E-state index in [9.17, 15) is 18.4 Å². The molecule has 0 atom stereocenters. The molecule has 8 heteroatoms. The van der Waals surface area contributed by atoms with Gasteiger partial charge in [-0.05, 0) is 0 Å². The molecule has 15 heavy (non-hydrogen) atoms. The van der Waals surface area contributed by atoms with E-state index in [1.807, 2.05) is 0 Å². The fourth-order valence-corrected chi connectivity index (χ4v) is 0.710. The smallest absolute Gasteiger partial charge is 0.385 e. The predicted molar refractivity (Wildman–Crippen MR) is 40.5 cm³/mol. The van der Waals surface area contributed by atoms with Crippen LogP contribution in [0.15, 0.2) is 12.4 Å². The van der Waals surface area contributed by atoms with Crippen molar-refractivity contribution in [1.82, 2.24) is 9.97 Å². The zero-order valence-corrected chi connectivity index (χ0v) is 7.02. The minimum absolute atomic E-state index is 0.414. The van der Waals surface area contributed by atoms with Gasteiger partial charge in [0.25, 0.3) is 0 Å². The third kappa shape index (κ3) is 2.03. The average Bonchev–Trinajstić information content (AvgIpc) is 2.17. The molecule has 2 N–H and O–H groups in total. The van der Waals surface area contributed by atoms with E-state index in [1.54, 1.807) is 0 Å². The van der Waals surface area contributed by atoms with E-state index < -0.39 is 29.2 Å². The van der Waals surface area contributed by atoms with E-state index in [-0.39, 0.29) is 0 Å². The van der Waals surface area contributed by atoms with E-state index in [4.69, 9.17) is 10.2 Å². The first-order chi connectivity index (χ1) is 6.85. The third-order valence-corrected chi connectivity index (χ3v) is 1.46. The summed E-state index contributed by atoms with van der Waals surface area (Å²) in [6, 6.07) is 0. The highest BCUT2D eigenvalue weighted by atomic mass is 19.3. The van der Waals surface area contributed by atoms with Crippen molar-refractivity contribution in [1.29, 1.82) is 0 Å². The molecule has 1 rings (SSSR count). The lowest BCUT2D eigenvalue weighted by atomic mass is 10.2. The molecular formula is C7H4F2N2O4. The maximum Gasteiger partial charge on any atom is 0.385 e. The number of aromatic carboxylic acids is 1. The first-order valence-corrected chi connectivity index (χ1v) is 3.52. The molecule has 0 saturated carbocycles. The monoisotopic (exact) mass is 218 g/mol. The zero-order valence-electron chi connectivity index (χ0n) is 7.02. The summed E-state index contributed by atoms with van der Waals surface area (Å²) in [7, 11) is 0. The first-order valence-electron chi connectivity index (χ1n) is 3.52. The second-order valence-corrected chi connectivity index (χ2v) is 2.47. The molecule has 1 heterocycles. The summed E-state index contributed by atoms with van der Waals surface area (Å²) in [6.07, 6.45) is 0.978. The Hall–Kier alpha value is -2.12.